The van der Waals surface area contributed by atoms with Gasteiger partial charge >= 0.3 is 5.97 Å². The van der Waals surface area contributed by atoms with E-state index in [0.717, 1.165) is 81.3 Å². The number of halogens is 1. The summed E-state index contributed by atoms with van der Waals surface area (Å²) in [6, 6.07) is 24.6. The van der Waals surface area contributed by atoms with Gasteiger partial charge in [0, 0.05) is 50.1 Å². The molecule has 3 fully saturated rings. The van der Waals surface area contributed by atoms with Crippen molar-refractivity contribution in [3.05, 3.63) is 135 Å². The van der Waals surface area contributed by atoms with Gasteiger partial charge in [-0.15, -0.1) is 0 Å². The second kappa shape index (κ2) is 21.8. The maximum atomic E-state index is 15.6. The molecule has 79 heavy (non-hydrogen) atoms. The first-order chi connectivity index (χ1) is 38.0. The van der Waals surface area contributed by atoms with Gasteiger partial charge in [-0.25, -0.2) is 19.2 Å². The second-order valence-corrected chi connectivity index (χ2v) is 23.4. The number of imide groups is 2. The van der Waals surface area contributed by atoms with E-state index in [9.17, 15) is 33.6 Å². The van der Waals surface area contributed by atoms with E-state index < -0.39 is 47.1 Å². The summed E-state index contributed by atoms with van der Waals surface area (Å²) in [6.07, 6.45) is 6.26. The highest BCUT2D eigenvalue weighted by molar-refractivity contribution is 7.22. The number of hydrogen-bond donors (Lipinski definition) is 2. The van der Waals surface area contributed by atoms with Crippen LogP contribution in [0.1, 0.15) is 155 Å². The molecule has 5 aliphatic rings. The van der Waals surface area contributed by atoms with E-state index in [2.05, 4.69) is 26.6 Å². The van der Waals surface area contributed by atoms with Crippen LogP contribution in [0.25, 0.3) is 21.3 Å². The third-order valence-corrected chi connectivity index (χ3v) is 17.1. The van der Waals surface area contributed by atoms with Crippen LogP contribution in [0.5, 0.6) is 5.75 Å². The standard InChI is InChI=1S/C61H62FN7O9S/c1-34-39(40-20-22-51(64-54(40)59(76)78-61(2,3)4)68-30-27-36-9-7-11-41(45(36)33-68)55(72)66-60-63-47-12-5-6-14-50(47)79-60)10-8-13-49(34)77-38-18-15-35(16-19-38)17-24-53(71)67-28-25-37(26-29-67)42-31-43-44(32-46(42)62)58(75)69(57(43)74)48-21-23-52(70)65-56(48)73/h5-14,20,22,31-32,35,37-38,48H,15-19,21,23-30,33H2,1-4H3,(H,63,66,72)(H,65,70,73)/t35-,38-,48?. The Morgan fingerprint density at radius 2 is 1.54 bits per heavy atom. The highest BCUT2D eigenvalue weighted by Gasteiger charge is 2.46. The van der Waals surface area contributed by atoms with E-state index in [0.29, 0.717) is 85.4 Å². The molecule has 0 radical (unpaired) electrons. The van der Waals surface area contributed by atoms with Crippen molar-refractivity contribution in [3.8, 4) is 16.9 Å². The number of para-hydroxylation sites is 1. The molecule has 0 bridgehead atoms. The highest BCUT2D eigenvalue weighted by atomic mass is 32.1. The molecular weight excluding hydrogens is 1030 g/mol. The van der Waals surface area contributed by atoms with Crippen molar-refractivity contribution in [2.24, 2.45) is 5.92 Å². The zero-order valence-corrected chi connectivity index (χ0v) is 45.5. The lowest BCUT2D eigenvalue weighted by Gasteiger charge is -2.33. The van der Waals surface area contributed by atoms with E-state index in [1.54, 1.807) is 0 Å². The van der Waals surface area contributed by atoms with Gasteiger partial charge in [0.05, 0.1) is 27.4 Å². The van der Waals surface area contributed by atoms with Gasteiger partial charge < -0.3 is 19.3 Å². The fourth-order valence-corrected chi connectivity index (χ4v) is 12.8. The number of rotatable bonds is 12. The Kier molecular flexibility index (Phi) is 14.6. The Bertz CT molecular complexity index is 3430. The molecule has 2 N–H and O–H groups in total. The number of amides is 6. The van der Waals surface area contributed by atoms with Gasteiger partial charge in [0.1, 0.15) is 29.0 Å². The van der Waals surface area contributed by atoms with Crippen molar-refractivity contribution < 1.29 is 47.4 Å². The van der Waals surface area contributed by atoms with Crippen LogP contribution in [0, 0.1) is 18.7 Å². The number of nitrogens with zero attached hydrogens (tertiary/aromatic N) is 5. The Labute approximate surface area is 461 Å². The molecule has 1 atom stereocenters. The summed E-state index contributed by atoms with van der Waals surface area (Å²) in [5.74, 6) is -2.53. The largest absolute Gasteiger partial charge is 0.490 e. The summed E-state index contributed by atoms with van der Waals surface area (Å²) in [5.41, 5.74) is 5.34. The van der Waals surface area contributed by atoms with Gasteiger partial charge in [-0.2, -0.15) is 0 Å². The number of ether oxygens (including phenoxy) is 2. The molecule has 2 saturated heterocycles. The van der Waals surface area contributed by atoms with Crippen molar-refractivity contribution >= 4 is 73.9 Å². The van der Waals surface area contributed by atoms with E-state index in [1.165, 1.54) is 17.4 Å². The number of esters is 1. The molecule has 18 heteroatoms. The normalized spacial score (nSPS) is 19.8. The summed E-state index contributed by atoms with van der Waals surface area (Å²) in [7, 11) is 0. The topological polar surface area (TPSA) is 198 Å². The first kappa shape index (κ1) is 53.2. The summed E-state index contributed by atoms with van der Waals surface area (Å²) >= 11 is 1.43. The number of benzene rings is 4. The molecule has 6 aromatic rings. The number of thiazole rings is 1. The molecule has 1 unspecified atom stereocenters. The van der Waals surface area contributed by atoms with Crippen molar-refractivity contribution in [1.82, 2.24) is 25.1 Å². The number of pyridine rings is 1. The molecule has 6 amide bonds. The first-order valence-electron chi connectivity index (χ1n) is 27.3. The number of anilines is 2. The van der Waals surface area contributed by atoms with E-state index in [4.69, 9.17) is 14.5 Å². The Hall–Kier alpha value is -7.86. The van der Waals surface area contributed by atoms with Crippen LogP contribution >= 0.6 is 11.3 Å². The van der Waals surface area contributed by atoms with Gasteiger partial charge in [0.2, 0.25) is 17.7 Å². The third-order valence-electron chi connectivity index (χ3n) is 16.1. The van der Waals surface area contributed by atoms with Crippen LogP contribution in [0.3, 0.4) is 0 Å². The summed E-state index contributed by atoms with van der Waals surface area (Å²) in [5, 5.41) is 5.73. The molecule has 408 valence electrons. The number of likely N-dealkylation sites (tertiary alicyclic amines) is 1. The summed E-state index contributed by atoms with van der Waals surface area (Å²) in [6.45, 7) is 9.40. The van der Waals surface area contributed by atoms with E-state index >= 15 is 4.39 Å². The van der Waals surface area contributed by atoms with Crippen molar-refractivity contribution in [2.75, 3.05) is 29.9 Å². The summed E-state index contributed by atoms with van der Waals surface area (Å²) in [4.78, 5) is 107. The maximum Gasteiger partial charge on any atom is 0.358 e. The van der Waals surface area contributed by atoms with Crippen LogP contribution in [0.15, 0.2) is 84.9 Å². The van der Waals surface area contributed by atoms with Crippen LogP contribution in [-0.4, -0.2) is 98.6 Å². The van der Waals surface area contributed by atoms with Crippen molar-refractivity contribution in [3.63, 3.8) is 0 Å². The molecule has 1 aliphatic carbocycles. The molecular formula is C61H62FN7O9S. The monoisotopic (exact) mass is 1090 g/mol. The quantitative estimate of drug-likeness (QED) is 0.0870. The molecule has 0 spiro atoms. The number of fused-ring (bicyclic) bond motifs is 3. The van der Waals surface area contributed by atoms with Crippen molar-refractivity contribution in [2.45, 2.75) is 129 Å². The zero-order chi connectivity index (χ0) is 55.3. The third kappa shape index (κ3) is 11.0. The Balaban J connectivity index is 0.698. The highest BCUT2D eigenvalue weighted by Crippen LogP contribution is 2.40. The molecule has 11 rings (SSSR count). The number of piperidine rings is 2. The zero-order valence-electron chi connectivity index (χ0n) is 44.7. The Morgan fingerprint density at radius 1 is 0.797 bits per heavy atom. The molecule has 1 saturated carbocycles. The first-order valence-corrected chi connectivity index (χ1v) is 28.1. The number of hydrogen-bond acceptors (Lipinski definition) is 13. The number of carbonyl (C=O) groups excluding carboxylic acids is 7. The lowest BCUT2D eigenvalue weighted by molar-refractivity contribution is -0.136. The van der Waals surface area contributed by atoms with Crippen LogP contribution < -0.4 is 20.3 Å². The van der Waals surface area contributed by atoms with Gasteiger partial charge in [0.15, 0.2) is 10.8 Å². The van der Waals surface area contributed by atoms with Crippen LogP contribution in [-0.2, 0) is 32.1 Å². The SMILES string of the molecule is Cc1c(O[C@H]2CC[C@H](CCC(=O)N3CCC(c4cc5c(cc4F)C(=O)N(C4CCC(=O)NC4=O)C5=O)CC3)CC2)cccc1-c1ccc(N2CCc3cccc(C(=O)Nc4nc5ccccc5s4)c3C2)nc1C(=O)OC(C)(C)C. The molecule has 6 heterocycles. The van der Waals surface area contributed by atoms with Gasteiger partial charge in [-0.1, -0.05) is 47.7 Å². The lowest BCUT2D eigenvalue weighted by atomic mass is 9.84. The fraction of sp³-hybridized carbons (Fsp3) is 0.393. The van der Waals surface area contributed by atoms with Crippen LogP contribution in [0.2, 0.25) is 0 Å². The minimum Gasteiger partial charge on any atom is -0.490 e. The Morgan fingerprint density at radius 3 is 2.29 bits per heavy atom. The second-order valence-electron chi connectivity index (χ2n) is 22.4. The predicted molar refractivity (Wildman–Crippen MR) is 296 cm³/mol. The fourth-order valence-electron chi connectivity index (χ4n) is 11.9. The number of nitrogens with one attached hydrogen (secondary N) is 2. The van der Waals surface area contributed by atoms with Gasteiger partial charge in [-0.05, 0) is 174 Å². The molecule has 4 aliphatic heterocycles. The molecule has 2 aromatic heterocycles. The van der Waals surface area contributed by atoms with E-state index in [1.807, 2.05) is 99.3 Å². The molecule has 4 aromatic carbocycles. The maximum absolute atomic E-state index is 15.6. The number of carbonyl (C=O) groups is 7. The van der Waals surface area contributed by atoms with Crippen molar-refractivity contribution in [1.29, 1.82) is 0 Å². The molecule has 16 nitrogen and oxygen atoms in total. The minimum absolute atomic E-state index is 0.00883. The smallest absolute Gasteiger partial charge is 0.358 e. The van der Waals surface area contributed by atoms with Crippen LogP contribution in [0.4, 0.5) is 15.3 Å². The van der Waals surface area contributed by atoms with E-state index in [-0.39, 0.29) is 53.5 Å². The van der Waals surface area contributed by atoms with Gasteiger partial charge in [-0.3, -0.25) is 44.3 Å². The summed E-state index contributed by atoms with van der Waals surface area (Å²) < 4.78 is 29.3. The lowest BCUT2D eigenvalue weighted by Crippen LogP contribution is -2.54. The van der Waals surface area contributed by atoms with Gasteiger partial charge in [0.25, 0.3) is 17.7 Å². The minimum atomic E-state index is -1.13. The number of aromatic nitrogens is 2. The predicted octanol–water partition coefficient (Wildman–Crippen LogP) is 10.1. The average Bonchev–Trinajstić information content (AvgIpc) is 4.18. The average molecular weight is 1090 g/mol.